The van der Waals surface area contributed by atoms with Gasteiger partial charge in [0.25, 0.3) is 5.91 Å². The topological polar surface area (TPSA) is 62.5 Å². The predicted octanol–water partition coefficient (Wildman–Crippen LogP) is 3.15. The summed E-state index contributed by atoms with van der Waals surface area (Å²) in [4.78, 5) is 11.8. The Kier molecular flexibility index (Phi) is 4.87. The zero-order chi connectivity index (χ0) is 16.2. The van der Waals surface area contributed by atoms with Crippen molar-refractivity contribution in [3.05, 3.63) is 59.5 Å². The minimum absolute atomic E-state index is 0.0763. The molecule has 0 bridgehead atoms. The molecular formula is C15H14F3NO3. The number of hydrogen-bond donors (Lipinski definition) is 2. The third kappa shape index (κ3) is 4.11. The summed E-state index contributed by atoms with van der Waals surface area (Å²) < 4.78 is 42.5. The molecule has 0 aliphatic rings. The SMILES string of the molecule is O=C(NCC[C@H](O)c1ccoc1)c1cccc(C(F)(F)F)c1. The van der Waals surface area contributed by atoms with Crippen LogP contribution in [0.2, 0.25) is 0 Å². The molecule has 22 heavy (non-hydrogen) atoms. The number of carbonyl (C=O) groups excluding carboxylic acids is 1. The fraction of sp³-hybridized carbons (Fsp3) is 0.267. The predicted molar refractivity (Wildman–Crippen MR) is 72.1 cm³/mol. The number of halogens is 3. The van der Waals surface area contributed by atoms with E-state index in [0.717, 1.165) is 12.1 Å². The Morgan fingerprint density at radius 3 is 2.73 bits per heavy atom. The van der Waals surface area contributed by atoms with Crippen LogP contribution in [0.5, 0.6) is 0 Å². The number of aliphatic hydroxyl groups excluding tert-OH is 1. The molecule has 2 aromatic rings. The minimum Gasteiger partial charge on any atom is -0.472 e. The third-order valence-electron chi connectivity index (χ3n) is 3.08. The van der Waals surface area contributed by atoms with Crippen LogP contribution in [0.1, 0.15) is 34.0 Å². The molecule has 1 heterocycles. The molecule has 1 amide bonds. The summed E-state index contributed by atoms with van der Waals surface area (Å²) in [5.74, 6) is -0.620. The minimum atomic E-state index is -4.49. The molecule has 0 fully saturated rings. The molecule has 7 heteroatoms. The van der Waals surface area contributed by atoms with Crippen LogP contribution in [-0.2, 0) is 6.18 Å². The molecule has 4 nitrogen and oxygen atoms in total. The van der Waals surface area contributed by atoms with Crippen molar-refractivity contribution in [1.29, 1.82) is 0 Å². The maximum atomic E-state index is 12.6. The van der Waals surface area contributed by atoms with Gasteiger partial charge in [-0.15, -0.1) is 0 Å². The first kappa shape index (κ1) is 16.1. The lowest BCUT2D eigenvalue weighted by Gasteiger charge is -2.11. The number of aliphatic hydroxyl groups is 1. The molecule has 0 saturated heterocycles. The standard InChI is InChI=1S/C15H14F3NO3/c16-15(17,18)12-3-1-2-10(8-12)14(21)19-6-4-13(20)11-5-7-22-9-11/h1-3,5,7-9,13,20H,4,6H2,(H,19,21)/t13-/m0/s1. The van der Waals surface area contributed by atoms with Crippen LogP contribution in [0.4, 0.5) is 13.2 Å². The van der Waals surface area contributed by atoms with Gasteiger partial charge in [-0.3, -0.25) is 4.79 Å². The molecule has 1 atom stereocenters. The largest absolute Gasteiger partial charge is 0.472 e. The number of nitrogens with one attached hydrogen (secondary N) is 1. The van der Waals surface area contributed by atoms with Crippen molar-refractivity contribution in [3.63, 3.8) is 0 Å². The van der Waals surface area contributed by atoms with Crippen LogP contribution in [0.3, 0.4) is 0 Å². The maximum absolute atomic E-state index is 12.6. The summed E-state index contributed by atoms with van der Waals surface area (Å²) in [6.07, 6.45) is -2.27. The van der Waals surface area contributed by atoms with Crippen molar-refractivity contribution in [2.24, 2.45) is 0 Å². The van der Waals surface area contributed by atoms with Crippen molar-refractivity contribution in [2.75, 3.05) is 6.54 Å². The Morgan fingerprint density at radius 2 is 2.09 bits per heavy atom. The highest BCUT2D eigenvalue weighted by atomic mass is 19.4. The summed E-state index contributed by atoms with van der Waals surface area (Å²) >= 11 is 0. The number of hydrogen-bond acceptors (Lipinski definition) is 3. The molecule has 1 aromatic heterocycles. The van der Waals surface area contributed by atoms with E-state index in [9.17, 15) is 23.1 Å². The maximum Gasteiger partial charge on any atom is 0.416 e. The molecular weight excluding hydrogens is 299 g/mol. The highest BCUT2D eigenvalue weighted by molar-refractivity contribution is 5.94. The lowest BCUT2D eigenvalue weighted by Crippen LogP contribution is -2.26. The Bertz CT molecular complexity index is 623. The van der Waals surface area contributed by atoms with E-state index in [-0.39, 0.29) is 18.5 Å². The highest BCUT2D eigenvalue weighted by Gasteiger charge is 2.30. The van der Waals surface area contributed by atoms with Crippen LogP contribution in [0.15, 0.2) is 47.3 Å². The highest BCUT2D eigenvalue weighted by Crippen LogP contribution is 2.29. The Hall–Kier alpha value is -2.28. The Morgan fingerprint density at radius 1 is 1.32 bits per heavy atom. The van der Waals surface area contributed by atoms with Gasteiger partial charge in [0, 0.05) is 17.7 Å². The van der Waals surface area contributed by atoms with Crippen LogP contribution >= 0.6 is 0 Å². The number of amides is 1. The molecule has 0 spiro atoms. The van der Waals surface area contributed by atoms with Crippen LogP contribution < -0.4 is 5.32 Å². The van der Waals surface area contributed by atoms with E-state index >= 15 is 0 Å². The van der Waals surface area contributed by atoms with E-state index in [1.807, 2.05) is 0 Å². The molecule has 0 unspecified atom stereocenters. The summed E-state index contributed by atoms with van der Waals surface area (Å²) in [6, 6.07) is 5.77. The first-order chi connectivity index (χ1) is 10.4. The normalized spacial score (nSPS) is 12.9. The lowest BCUT2D eigenvalue weighted by atomic mass is 10.1. The van der Waals surface area contributed by atoms with Gasteiger partial charge in [-0.2, -0.15) is 13.2 Å². The molecule has 2 rings (SSSR count). The number of furan rings is 1. The van der Waals surface area contributed by atoms with Crippen LogP contribution in [-0.4, -0.2) is 17.6 Å². The van der Waals surface area contributed by atoms with Crippen molar-refractivity contribution >= 4 is 5.91 Å². The Balaban J connectivity index is 1.90. The van der Waals surface area contributed by atoms with Gasteiger partial charge in [-0.1, -0.05) is 6.07 Å². The summed E-state index contributed by atoms with van der Waals surface area (Å²) in [7, 11) is 0. The summed E-state index contributed by atoms with van der Waals surface area (Å²) in [6.45, 7) is 0.126. The molecule has 0 aliphatic carbocycles. The Labute approximate surface area is 124 Å². The second kappa shape index (κ2) is 6.65. The van der Waals surface area contributed by atoms with E-state index < -0.39 is 23.8 Å². The molecule has 0 saturated carbocycles. The van der Waals surface area contributed by atoms with Gasteiger partial charge in [0.15, 0.2) is 0 Å². The average Bonchev–Trinajstić information content (AvgIpc) is 3.00. The van der Waals surface area contributed by atoms with Gasteiger partial charge >= 0.3 is 6.18 Å². The van der Waals surface area contributed by atoms with Gasteiger partial charge in [0.2, 0.25) is 0 Å². The molecule has 2 N–H and O–H groups in total. The van der Waals surface area contributed by atoms with Gasteiger partial charge in [-0.25, -0.2) is 0 Å². The number of rotatable bonds is 5. The first-order valence-electron chi connectivity index (χ1n) is 6.53. The fourth-order valence-corrected chi connectivity index (χ4v) is 1.89. The number of benzene rings is 1. The van der Waals surface area contributed by atoms with Crippen LogP contribution in [0, 0.1) is 0 Å². The first-order valence-corrected chi connectivity index (χ1v) is 6.53. The third-order valence-corrected chi connectivity index (χ3v) is 3.08. The smallest absolute Gasteiger partial charge is 0.416 e. The summed E-state index contributed by atoms with van der Waals surface area (Å²) in [5.41, 5.74) is -0.375. The van der Waals surface area contributed by atoms with Crippen LogP contribution in [0.25, 0.3) is 0 Å². The average molecular weight is 313 g/mol. The van der Waals surface area contributed by atoms with Gasteiger partial charge in [-0.05, 0) is 30.7 Å². The molecule has 0 aliphatic heterocycles. The van der Waals surface area contributed by atoms with Gasteiger partial charge in [0.05, 0.1) is 24.2 Å². The lowest BCUT2D eigenvalue weighted by molar-refractivity contribution is -0.137. The van der Waals surface area contributed by atoms with E-state index in [1.54, 1.807) is 6.07 Å². The van der Waals surface area contributed by atoms with E-state index in [0.29, 0.717) is 5.56 Å². The second-order valence-corrected chi connectivity index (χ2v) is 4.70. The number of alkyl halides is 3. The van der Waals surface area contributed by atoms with Gasteiger partial charge in [0.1, 0.15) is 0 Å². The molecule has 1 aromatic carbocycles. The fourth-order valence-electron chi connectivity index (χ4n) is 1.89. The van der Waals surface area contributed by atoms with E-state index in [1.165, 1.54) is 24.7 Å². The molecule has 0 radical (unpaired) electrons. The van der Waals surface area contributed by atoms with Crippen molar-refractivity contribution < 1.29 is 27.5 Å². The zero-order valence-corrected chi connectivity index (χ0v) is 11.4. The van der Waals surface area contributed by atoms with E-state index in [2.05, 4.69) is 5.32 Å². The van der Waals surface area contributed by atoms with Crippen molar-refractivity contribution in [1.82, 2.24) is 5.32 Å². The summed E-state index contributed by atoms with van der Waals surface area (Å²) in [5, 5.41) is 12.3. The van der Waals surface area contributed by atoms with Gasteiger partial charge < -0.3 is 14.8 Å². The monoisotopic (exact) mass is 313 g/mol. The number of carbonyl (C=O) groups is 1. The van der Waals surface area contributed by atoms with Crippen molar-refractivity contribution in [2.45, 2.75) is 18.7 Å². The van der Waals surface area contributed by atoms with E-state index in [4.69, 9.17) is 4.42 Å². The quantitative estimate of drug-likeness (QED) is 0.891. The molecule has 118 valence electrons. The zero-order valence-electron chi connectivity index (χ0n) is 11.4. The van der Waals surface area contributed by atoms with Crippen molar-refractivity contribution in [3.8, 4) is 0 Å². The second-order valence-electron chi connectivity index (χ2n) is 4.70.